The Hall–Kier alpha value is -1.99. The van der Waals surface area contributed by atoms with Gasteiger partial charge in [0.2, 0.25) is 0 Å². The van der Waals surface area contributed by atoms with E-state index in [2.05, 4.69) is 111 Å². The third-order valence-electron chi connectivity index (χ3n) is 6.51. The Bertz CT molecular complexity index is 1430. The van der Waals surface area contributed by atoms with Gasteiger partial charge in [0.05, 0.1) is 16.6 Å². The Morgan fingerprint density at radius 2 is 1.23 bits per heavy atom. The topological polar surface area (TPSA) is 114 Å². The standard InChI is InChI=1S/C30H39N2P.CHF3O3S.O.Re/c1-19(2)33(20(3)4)29-17-22(6)11-13-28(29)32-27-12-10-21(5)16-26(27)18-31-30-24(8)14-23(7)15-25(30)9;2-1(3,4)8(5,6)7;;/h10-17,19-20H,18H2,1-9H3;(H,5,6,7);;/q-2;;-2;. The predicted octanol–water partition coefficient (Wildman–Crippen LogP) is 9.36. The van der Waals surface area contributed by atoms with Crippen LogP contribution in [0.1, 0.15) is 61.1 Å². The van der Waals surface area contributed by atoms with Gasteiger partial charge in [-0.2, -0.15) is 13.2 Å². The number of nitrogens with zero attached hydrogens (tertiary/aromatic N) is 2. The van der Waals surface area contributed by atoms with Gasteiger partial charge in [-0.25, -0.2) is 8.42 Å². The van der Waals surface area contributed by atoms with Gasteiger partial charge in [0, 0.05) is 28.3 Å². The first kappa shape index (κ1) is 41.0. The molecule has 0 bridgehead atoms. The van der Waals surface area contributed by atoms with Crippen LogP contribution in [0.2, 0.25) is 0 Å². The minimum Gasteiger partial charge on any atom is -2.00 e. The van der Waals surface area contributed by atoms with Gasteiger partial charge < -0.3 is 20.7 Å². The smallest absolute Gasteiger partial charge is 0.485 e. The average molecular weight is 811 g/mol. The summed E-state index contributed by atoms with van der Waals surface area (Å²) < 4.78 is 58.9. The second kappa shape index (κ2) is 16.9. The van der Waals surface area contributed by atoms with E-state index in [0.717, 1.165) is 17.1 Å². The molecule has 12 heteroatoms. The van der Waals surface area contributed by atoms with E-state index in [1.165, 1.54) is 38.7 Å². The predicted molar refractivity (Wildman–Crippen MR) is 167 cm³/mol. The number of benzene rings is 3. The fourth-order valence-corrected chi connectivity index (χ4v) is 8.34. The maximum atomic E-state index is 10.7. The van der Waals surface area contributed by atoms with Gasteiger partial charge in [-0.3, -0.25) is 0 Å². The summed E-state index contributed by atoms with van der Waals surface area (Å²) in [6, 6.07) is 17.8. The van der Waals surface area contributed by atoms with Crippen molar-refractivity contribution in [3.63, 3.8) is 0 Å². The Morgan fingerprint density at radius 1 is 0.791 bits per heavy atom. The summed E-state index contributed by atoms with van der Waals surface area (Å²) in [7, 11) is -6.83. The molecule has 3 rings (SSSR count). The molecular weight excluding hydrogens is 771 g/mol. The molecule has 0 N–H and O–H groups in total. The minimum absolute atomic E-state index is 0. The van der Waals surface area contributed by atoms with Crippen LogP contribution < -0.4 is 5.30 Å². The molecule has 0 fully saturated rings. The first-order valence-corrected chi connectivity index (χ1v) is 16.4. The van der Waals surface area contributed by atoms with E-state index in [4.69, 9.17) is 23.6 Å². The number of aryl methyl sites for hydroxylation is 5. The molecule has 0 aliphatic carbocycles. The summed E-state index contributed by atoms with van der Waals surface area (Å²) in [5.74, 6) is 0. The van der Waals surface area contributed by atoms with Crippen molar-refractivity contribution in [3.8, 4) is 0 Å². The molecule has 6 nitrogen and oxygen atoms in total. The Kier molecular flexibility index (Phi) is 16.1. The summed E-state index contributed by atoms with van der Waals surface area (Å²) in [5.41, 5.74) is 6.44. The quantitative estimate of drug-likeness (QED) is 0.128. The van der Waals surface area contributed by atoms with E-state index < -0.39 is 23.5 Å². The molecule has 1 radical (unpaired) electrons. The van der Waals surface area contributed by atoms with E-state index >= 15 is 0 Å². The molecule has 0 saturated carbocycles. The second-order valence-electron chi connectivity index (χ2n) is 11.0. The van der Waals surface area contributed by atoms with Crippen LogP contribution in [0, 0.1) is 34.6 Å². The SMILES string of the molecule is Cc1cc(C)c([N-]Cc2cc(C)ccc2[N-]c2ccc(C)cc2[PH+](C(C)C)C(C)C)c(C)c1.O=S(=O)([O-])C(F)(F)F.[O-2].[Re]. The summed E-state index contributed by atoms with van der Waals surface area (Å²) in [6.45, 7) is 20.9. The monoisotopic (exact) mass is 811 g/mol. The Morgan fingerprint density at radius 3 is 1.67 bits per heavy atom. The second-order valence-corrected chi connectivity index (χ2v) is 16.1. The molecule has 0 spiro atoms. The number of alkyl halides is 3. The van der Waals surface area contributed by atoms with Crippen molar-refractivity contribution in [2.75, 3.05) is 0 Å². The Labute approximate surface area is 269 Å². The number of hydrogen-bond donors (Lipinski definition) is 0. The van der Waals surface area contributed by atoms with Gasteiger partial charge in [0.25, 0.3) is 0 Å². The van der Waals surface area contributed by atoms with E-state index in [1.807, 2.05) is 0 Å². The molecule has 0 unspecified atom stereocenters. The zero-order chi connectivity index (χ0) is 31.3. The third-order valence-corrected chi connectivity index (χ3v) is 10.6. The van der Waals surface area contributed by atoms with E-state index in [0.29, 0.717) is 17.9 Å². The van der Waals surface area contributed by atoms with Crippen LogP contribution in [0.5, 0.6) is 0 Å². The molecule has 0 aromatic heterocycles. The van der Waals surface area contributed by atoms with Crippen LogP contribution >= 0.6 is 7.92 Å². The van der Waals surface area contributed by atoms with Crippen LogP contribution in [0.25, 0.3) is 10.6 Å². The molecule has 0 heterocycles. The average Bonchev–Trinajstić information content (AvgIpc) is 2.80. The van der Waals surface area contributed by atoms with Crippen molar-refractivity contribution in [3.05, 3.63) is 92.5 Å². The van der Waals surface area contributed by atoms with Crippen LogP contribution in [-0.2, 0) is 42.6 Å². The van der Waals surface area contributed by atoms with Gasteiger partial charge in [-0.05, 0) is 73.9 Å². The van der Waals surface area contributed by atoms with E-state index in [-0.39, 0.29) is 25.9 Å². The molecular formula is C31H40F3N2O4PReS-4. The third kappa shape index (κ3) is 11.8. The van der Waals surface area contributed by atoms with E-state index in [9.17, 15) is 13.2 Å². The van der Waals surface area contributed by atoms with Gasteiger partial charge in [-0.1, -0.05) is 76.0 Å². The fraction of sp³-hybridized carbons (Fsp3) is 0.419. The van der Waals surface area contributed by atoms with Crippen molar-refractivity contribution in [2.24, 2.45) is 0 Å². The van der Waals surface area contributed by atoms with Crippen molar-refractivity contribution < 1.29 is 52.0 Å². The van der Waals surface area contributed by atoms with Crippen LogP contribution in [0.3, 0.4) is 0 Å². The first-order valence-electron chi connectivity index (χ1n) is 13.4. The normalized spacial score (nSPS) is 11.4. The molecule has 0 saturated heterocycles. The summed E-state index contributed by atoms with van der Waals surface area (Å²) in [5, 5.41) is 11.7. The zero-order valence-electron chi connectivity index (χ0n) is 25.9. The Balaban J connectivity index is 0.00000155. The largest absolute Gasteiger partial charge is 2.00 e. The molecule has 241 valence electrons. The summed E-state index contributed by atoms with van der Waals surface area (Å²) >= 11 is 0. The zero-order valence-corrected chi connectivity index (χ0v) is 30.5. The molecule has 0 atom stereocenters. The number of halogens is 3. The molecule has 3 aromatic carbocycles. The van der Waals surface area contributed by atoms with Crippen LogP contribution in [-0.4, -0.2) is 29.8 Å². The summed E-state index contributed by atoms with van der Waals surface area (Å²) in [4.78, 5) is 0. The number of rotatable bonds is 8. The van der Waals surface area contributed by atoms with Gasteiger partial charge in [0.15, 0.2) is 10.1 Å². The van der Waals surface area contributed by atoms with Gasteiger partial charge in [-0.15, -0.1) is 17.9 Å². The van der Waals surface area contributed by atoms with Crippen molar-refractivity contribution >= 4 is 40.4 Å². The first-order chi connectivity index (χ1) is 18.8. The fourth-order valence-electron chi connectivity index (χ4n) is 4.93. The van der Waals surface area contributed by atoms with E-state index in [1.54, 1.807) is 0 Å². The summed E-state index contributed by atoms with van der Waals surface area (Å²) in [6.07, 6.45) is 0. The number of hydrogen-bond acceptors (Lipinski definition) is 3. The van der Waals surface area contributed by atoms with Gasteiger partial charge in [0.1, 0.15) is 0 Å². The molecule has 0 amide bonds. The molecule has 43 heavy (non-hydrogen) atoms. The minimum atomic E-state index is -6.09. The van der Waals surface area contributed by atoms with Crippen LogP contribution in [0.15, 0.2) is 48.5 Å². The maximum Gasteiger partial charge on any atom is 0.485 e. The van der Waals surface area contributed by atoms with Crippen molar-refractivity contribution in [1.29, 1.82) is 0 Å². The van der Waals surface area contributed by atoms with Crippen LogP contribution in [0.4, 0.5) is 30.2 Å². The van der Waals surface area contributed by atoms with Gasteiger partial charge >= 0.3 is 5.51 Å². The van der Waals surface area contributed by atoms with Crippen molar-refractivity contribution in [2.45, 2.75) is 85.7 Å². The van der Waals surface area contributed by atoms with Crippen molar-refractivity contribution in [1.82, 2.24) is 0 Å². The molecule has 0 aliphatic heterocycles. The maximum absolute atomic E-state index is 10.7. The molecule has 0 aliphatic rings. The molecule has 3 aromatic rings.